The smallest absolute Gasteiger partial charge is 0.243 e. The number of rotatable bonds is 7. The predicted molar refractivity (Wildman–Crippen MR) is 93.0 cm³/mol. The molecule has 22 heavy (non-hydrogen) atoms. The van der Waals surface area contributed by atoms with Crippen molar-refractivity contribution in [3.8, 4) is 0 Å². The second-order valence-electron chi connectivity index (χ2n) is 5.38. The van der Waals surface area contributed by atoms with Crippen molar-refractivity contribution in [1.29, 1.82) is 0 Å². The topological polar surface area (TPSA) is 42.0 Å². The van der Waals surface area contributed by atoms with Gasteiger partial charge < -0.3 is 5.32 Å². The second-order valence-corrected chi connectivity index (χ2v) is 6.32. The van der Waals surface area contributed by atoms with E-state index in [2.05, 4.69) is 21.7 Å². The third-order valence-electron chi connectivity index (χ3n) is 3.25. The minimum atomic E-state index is -0.0356. The molecule has 0 aliphatic rings. The van der Waals surface area contributed by atoms with Crippen LogP contribution in [0.15, 0.2) is 35.7 Å². The minimum absolute atomic E-state index is 0.0356. The molecule has 0 unspecified atom stereocenters. The lowest BCUT2D eigenvalue weighted by Crippen LogP contribution is -2.22. The Balaban J connectivity index is 1.63. The maximum Gasteiger partial charge on any atom is 0.243 e. The minimum Gasteiger partial charge on any atom is -0.353 e. The van der Waals surface area contributed by atoms with E-state index in [0.717, 1.165) is 30.5 Å². The van der Waals surface area contributed by atoms with Gasteiger partial charge >= 0.3 is 0 Å². The lowest BCUT2D eigenvalue weighted by atomic mass is 10.1. The summed E-state index contributed by atoms with van der Waals surface area (Å²) >= 11 is 1.71. The van der Waals surface area contributed by atoms with Crippen molar-refractivity contribution >= 4 is 23.3 Å². The zero-order chi connectivity index (χ0) is 15.8. The molecule has 0 spiro atoms. The quantitative estimate of drug-likeness (QED) is 0.622. The van der Waals surface area contributed by atoms with Crippen LogP contribution in [0.2, 0.25) is 0 Å². The van der Waals surface area contributed by atoms with Crippen LogP contribution in [0.1, 0.15) is 34.7 Å². The molecule has 0 aliphatic carbocycles. The lowest BCUT2D eigenvalue weighted by molar-refractivity contribution is -0.116. The molecule has 0 radical (unpaired) electrons. The molecule has 1 aromatic heterocycles. The Kier molecular flexibility index (Phi) is 6.34. The maximum absolute atomic E-state index is 11.7. The first-order chi connectivity index (χ1) is 10.6. The summed E-state index contributed by atoms with van der Waals surface area (Å²) in [7, 11) is 0. The molecular formula is C18H22N2OS. The van der Waals surface area contributed by atoms with E-state index in [4.69, 9.17) is 0 Å². The van der Waals surface area contributed by atoms with Crippen molar-refractivity contribution < 1.29 is 4.79 Å². The fourth-order valence-corrected chi connectivity index (χ4v) is 2.95. The number of nitrogens with zero attached hydrogens (tertiary/aromatic N) is 1. The zero-order valence-corrected chi connectivity index (χ0v) is 14.0. The van der Waals surface area contributed by atoms with Gasteiger partial charge in [-0.25, -0.2) is 4.98 Å². The van der Waals surface area contributed by atoms with E-state index in [9.17, 15) is 4.79 Å². The Morgan fingerprint density at radius 1 is 1.32 bits per heavy atom. The van der Waals surface area contributed by atoms with Crippen LogP contribution >= 0.6 is 11.3 Å². The third kappa shape index (κ3) is 5.82. The number of hydrogen-bond donors (Lipinski definition) is 1. The number of unbranched alkanes of at least 4 members (excludes halogenated alkanes) is 1. The Bertz CT molecular complexity index is 646. The lowest BCUT2D eigenvalue weighted by Gasteiger charge is -2.01. The van der Waals surface area contributed by atoms with Crippen LogP contribution in [-0.4, -0.2) is 17.4 Å². The number of nitrogens with one attached hydrogen (secondary N) is 1. The summed E-state index contributed by atoms with van der Waals surface area (Å²) in [6.07, 6.45) is 6.46. The van der Waals surface area contributed by atoms with Gasteiger partial charge in [0.2, 0.25) is 5.91 Å². The van der Waals surface area contributed by atoms with Crippen LogP contribution in [0.3, 0.4) is 0 Å². The molecule has 2 rings (SSSR count). The van der Waals surface area contributed by atoms with Crippen molar-refractivity contribution in [2.24, 2.45) is 0 Å². The van der Waals surface area contributed by atoms with Gasteiger partial charge in [-0.05, 0) is 44.7 Å². The molecular weight excluding hydrogens is 292 g/mol. The Morgan fingerprint density at radius 2 is 2.18 bits per heavy atom. The van der Waals surface area contributed by atoms with E-state index >= 15 is 0 Å². The van der Waals surface area contributed by atoms with Gasteiger partial charge in [0.1, 0.15) is 0 Å². The molecule has 0 atom stereocenters. The van der Waals surface area contributed by atoms with Crippen molar-refractivity contribution in [2.45, 2.75) is 33.1 Å². The first-order valence-electron chi connectivity index (χ1n) is 7.57. The molecule has 4 heteroatoms. The standard InChI is InChI=1S/C18H22N2OS/c1-14-6-5-7-16(12-14)9-10-17(21)19-11-4-3-8-18-20-15(2)13-22-18/h5-7,9-10,12-13H,3-4,8,11H2,1-2H3,(H,19,21)/b10-9+. The monoisotopic (exact) mass is 314 g/mol. The SMILES string of the molecule is Cc1cccc(/C=C/C(=O)NCCCCc2nc(C)cs2)c1. The number of carbonyl (C=O) groups is 1. The summed E-state index contributed by atoms with van der Waals surface area (Å²) in [5, 5.41) is 6.18. The van der Waals surface area contributed by atoms with Crippen LogP contribution in [0.5, 0.6) is 0 Å². The van der Waals surface area contributed by atoms with Crippen LogP contribution in [0.4, 0.5) is 0 Å². The van der Waals surface area contributed by atoms with Crippen molar-refractivity contribution in [2.75, 3.05) is 6.54 Å². The molecule has 1 aromatic carbocycles. The predicted octanol–water partition coefficient (Wildman–Crippen LogP) is 3.91. The number of amides is 1. The van der Waals surface area contributed by atoms with Crippen LogP contribution in [0.25, 0.3) is 6.08 Å². The highest BCUT2D eigenvalue weighted by molar-refractivity contribution is 7.09. The molecule has 1 amide bonds. The summed E-state index contributed by atoms with van der Waals surface area (Å²) < 4.78 is 0. The van der Waals surface area contributed by atoms with E-state index in [1.54, 1.807) is 17.4 Å². The molecule has 1 N–H and O–H groups in total. The van der Waals surface area contributed by atoms with E-state index in [0.29, 0.717) is 6.54 Å². The highest BCUT2D eigenvalue weighted by atomic mass is 32.1. The molecule has 116 valence electrons. The van der Waals surface area contributed by atoms with Crippen molar-refractivity contribution in [1.82, 2.24) is 10.3 Å². The van der Waals surface area contributed by atoms with Crippen LogP contribution in [0, 0.1) is 13.8 Å². The average molecular weight is 314 g/mol. The molecule has 2 aromatic rings. The van der Waals surface area contributed by atoms with Gasteiger partial charge in [0, 0.05) is 23.7 Å². The van der Waals surface area contributed by atoms with E-state index in [1.165, 1.54) is 10.6 Å². The van der Waals surface area contributed by atoms with Crippen LogP contribution < -0.4 is 5.32 Å². The van der Waals surface area contributed by atoms with Gasteiger partial charge in [0.25, 0.3) is 0 Å². The second kappa shape index (κ2) is 8.49. The molecule has 0 saturated carbocycles. The van der Waals surface area contributed by atoms with E-state index in [-0.39, 0.29) is 5.91 Å². The maximum atomic E-state index is 11.7. The summed E-state index contributed by atoms with van der Waals surface area (Å²) in [6, 6.07) is 8.08. The Hall–Kier alpha value is -1.94. The summed E-state index contributed by atoms with van der Waals surface area (Å²) in [6.45, 7) is 4.77. The molecule has 3 nitrogen and oxygen atoms in total. The fraction of sp³-hybridized carbons (Fsp3) is 0.333. The van der Waals surface area contributed by atoms with Gasteiger partial charge in [-0.15, -0.1) is 11.3 Å². The van der Waals surface area contributed by atoms with Gasteiger partial charge in [-0.2, -0.15) is 0 Å². The molecule has 0 bridgehead atoms. The zero-order valence-electron chi connectivity index (χ0n) is 13.1. The van der Waals surface area contributed by atoms with Gasteiger partial charge in [0.15, 0.2) is 0 Å². The molecule has 1 heterocycles. The number of aryl methyl sites for hydroxylation is 3. The fourth-order valence-electron chi connectivity index (χ4n) is 2.13. The highest BCUT2D eigenvalue weighted by Crippen LogP contribution is 2.11. The Morgan fingerprint density at radius 3 is 2.91 bits per heavy atom. The average Bonchev–Trinajstić information content (AvgIpc) is 2.90. The van der Waals surface area contributed by atoms with Gasteiger partial charge in [-0.1, -0.05) is 29.8 Å². The number of thiazole rings is 1. The van der Waals surface area contributed by atoms with Crippen molar-refractivity contribution in [3.63, 3.8) is 0 Å². The van der Waals surface area contributed by atoms with Gasteiger partial charge in [0.05, 0.1) is 5.01 Å². The summed E-state index contributed by atoms with van der Waals surface area (Å²) in [4.78, 5) is 16.2. The van der Waals surface area contributed by atoms with E-state index < -0.39 is 0 Å². The normalized spacial score (nSPS) is 11.0. The van der Waals surface area contributed by atoms with E-state index in [1.807, 2.05) is 38.1 Å². The largest absolute Gasteiger partial charge is 0.353 e. The third-order valence-corrected chi connectivity index (χ3v) is 4.28. The highest BCUT2D eigenvalue weighted by Gasteiger charge is 1.99. The Labute approximate surface area is 136 Å². The van der Waals surface area contributed by atoms with Gasteiger partial charge in [-0.3, -0.25) is 4.79 Å². The number of aromatic nitrogens is 1. The first kappa shape index (κ1) is 16.4. The summed E-state index contributed by atoms with van der Waals surface area (Å²) in [5.74, 6) is -0.0356. The molecule has 0 aliphatic heterocycles. The summed E-state index contributed by atoms with van der Waals surface area (Å²) in [5.41, 5.74) is 3.34. The molecule has 0 saturated heterocycles. The number of benzene rings is 1. The van der Waals surface area contributed by atoms with Crippen LogP contribution in [-0.2, 0) is 11.2 Å². The van der Waals surface area contributed by atoms with Crippen molar-refractivity contribution in [3.05, 3.63) is 57.6 Å². The first-order valence-corrected chi connectivity index (χ1v) is 8.45. The molecule has 0 fully saturated rings. The number of carbonyl (C=O) groups excluding carboxylic acids is 1. The number of hydrogen-bond acceptors (Lipinski definition) is 3.